The predicted octanol–water partition coefficient (Wildman–Crippen LogP) is 3.27. The second-order valence-electron chi connectivity index (χ2n) is 6.70. The van der Waals surface area contributed by atoms with E-state index in [4.69, 9.17) is 4.74 Å². The van der Waals surface area contributed by atoms with Gasteiger partial charge in [-0.2, -0.15) is 0 Å². The van der Waals surface area contributed by atoms with Gasteiger partial charge in [0.05, 0.1) is 24.5 Å². The molecule has 1 aliphatic heterocycles. The molecule has 2 aromatic heterocycles. The lowest BCUT2D eigenvalue weighted by Crippen LogP contribution is -2.40. The summed E-state index contributed by atoms with van der Waals surface area (Å²) in [5.41, 5.74) is 4.17. The molecule has 6 nitrogen and oxygen atoms in total. The minimum Gasteiger partial charge on any atom is -0.491 e. The maximum Gasteiger partial charge on any atom is 0.274 e. The van der Waals surface area contributed by atoms with Crippen LogP contribution in [0.3, 0.4) is 0 Å². The number of aryl methyl sites for hydroxylation is 1. The largest absolute Gasteiger partial charge is 0.491 e. The lowest BCUT2D eigenvalue weighted by Gasteiger charge is -2.26. The number of hydrogen-bond donors (Lipinski definition) is 0. The number of hydrogen-bond acceptors (Lipinski definition) is 5. The molecule has 0 radical (unpaired) electrons. The molecule has 0 fully saturated rings. The van der Waals surface area contributed by atoms with Crippen molar-refractivity contribution >= 4 is 5.91 Å². The first kappa shape index (κ1) is 17.1. The average Bonchev–Trinajstić information content (AvgIpc) is 2.87. The van der Waals surface area contributed by atoms with Gasteiger partial charge in [-0.25, -0.2) is 4.98 Å². The Hall–Kier alpha value is -3.28. The molecule has 3 heterocycles. The van der Waals surface area contributed by atoms with E-state index < -0.39 is 0 Å². The van der Waals surface area contributed by atoms with Crippen molar-refractivity contribution in [1.29, 1.82) is 0 Å². The zero-order valence-corrected chi connectivity index (χ0v) is 15.3. The Morgan fingerprint density at radius 2 is 2.04 bits per heavy atom. The van der Waals surface area contributed by atoms with Crippen LogP contribution in [0.5, 0.6) is 5.75 Å². The number of fused-ring (bicyclic) bond motifs is 1. The first-order valence-electron chi connectivity index (χ1n) is 8.87. The zero-order valence-electron chi connectivity index (χ0n) is 15.3. The van der Waals surface area contributed by atoms with Gasteiger partial charge in [0.25, 0.3) is 5.91 Å². The van der Waals surface area contributed by atoms with Crippen LogP contribution in [0, 0.1) is 6.92 Å². The molecule has 136 valence electrons. The monoisotopic (exact) mass is 360 g/mol. The van der Waals surface area contributed by atoms with Crippen LogP contribution in [0.25, 0.3) is 11.1 Å². The van der Waals surface area contributed by atoms with E-state index in [1.807, 2.05) is 44.3 Å². The van der Waals surface area contributed by atoms with Crippen molar-refractivity contribution in [3.05, 3.63) is 72.1 Å². The van der Waals surface area contributed by atoms with Crippen molar-refractivity contribution < 1.29 is 9.53 Å². The summed E-state index contributed by atoms with van der Waals surface area (Å²) in [6.45, 7) is 4.72. The first-order chi connectivity index (χ1) is 13.1. The van der Waals surface area contributed by atoms with E-state index in [-0.39, 0.29) is 11.9 Å². The number of carbonyl (C=O) groups is 1. The van der Waals surface area contributed by atoms with Crippen molar-refractivity contribution in [2.45, 2.75) is 26.4 Å². The standard InChI is InChI=1S/C21H20N4O2/c1-14-9-24-19(11-23-14)21(26)25-12-18-8-16(17-4-3-7-22-10-17)5-6-20(18)27-13-15(25)2/h3-11,15H,12-13H2,1-2H3/t15-/m0/s1. The average molecular weight is 360 g/mol. The van der Waals surface area contributed by atoms with E-state index >= 15 is 0 Å². The van der Waals surface area contributed by atoms with Gasteiger partial charge in [0.15, 0.2) is 0 Å². The molecular formula is C21H20N4O2. The van der Waals surface area contributed by atoms with E-state index in [0.29, 0.717) is 18.8 Å². The van der Waals surface area contributed by atoms with Gasteiger partial charge in [0, 0.05) is 29.7 Å². The second-order valence-corrected chi connectivity index (χ2v) is 6.70. The maximum atomic E-state index is 13.0. The topological polar surface area (TPSA) is 68.2 Å². The van der Waals surface area contributed by atoms with Gasteiger partial charge >= 0.3 is 0 Å². The number of benzene rings is 1. The fraction of sp³-hybridized carbons (Fsp3) is 0.238. The molecule has 3 aromatic rings. The number of rotatable bonds is 2. The van der Waals surface area contributed by atoms with Crippen LogP contribution in [0.2, 0.25) is 0 Å². The Bertz CT molecular complexity index is 958. The Morgan fingerprint density at radius 3 is 2.78 bits per heavy atom. The summed E-state index contributed by atoms with van der Waals surface area (Å²) < 4.78 is 5.94. The third-order valence-corrected chi connectivity index (χ3v) is 4.67. The molecule has 0 saturated heterocycles. The smallest absolute Gasteiger partial charge is 0.274 e. The SMILES string of the molecule is Cc1cnc(C(=O)N2Cc3cc(-c4cccnc4)ccc3OC[C@@H]2C)cn1. The van der Waals surface area contributed by atoms with E-state index in [9.17, 15) is 4.79 Å². The lowest BCUT2D eigenvalue weighted by molar-refractivity contribution is 0.0639. The normalized spacial score (nSPS) is 16.2. The highest BCUT2D eigenvalue weighted by molar-refractivity contribution is 5.92. The number of ether oxygens (including phenoxy) is 1. The van der Waals surface area contributed by atoms with E-state index in [1.54, 1.807) is 17.3 Å². The molecule has 27 heavy (non-hydrogen) atoms. The van der Waals surface area contributed by atoms with Crippen LogP contribution in [0.1, 0.15) is 28.7 Å². The Kier molecular flexibility index (Phi) is 4.54. The number of nitrogens with zero attached hydrogens (tertiary/aromatic N) is 4. The van der Waals surface area contributed by atoms with Gasteiger partial charge < -0.3 is 9.64 Å². The summed E-state index contributed by atoms with van der Waals surface area (Å²) >= 11 is 0. The lowest BCUT2D eigenvalue weighted by atomic mass is 10.0. The molecule has 1 amide bonds. The van der Waals surface area contributed by atoms with Gasteiger partial charge in [-0.3, -0.25) is 14.8 Å². The molecule has 4 rings (SSSR count). The van der Waals surface area contributed by atoms with Gasteiger partial charge in [-0.05, 0) is 37.6 Å². The molecule has 0 unspecified atom stereocenters. The minimum absolute atomic E-state index is 0.0742. The minimum atomic E-state index is -0.141. The molecule has 6 heteroatoms. The summed E-state index contributed by atoms with van der Waals surface area (Å²) in [4.78, 5) is 27.4. The Labute approximate surface area is 157 Å². The zero-order chi connectivity index (χ0) is 18.8. The molecule has 0 spiro atoms. The van der Waals surface area contributed by atoms with E-state index in [0.717, 1.165) is 28.1 Å². The Balaban J connectivity index is 1.67. The Morgan fingerprint density at radius 1 is 1.15 bits per heavy atom. The molecular weight excluding hydrogens is 340 g/mol. The third kappa shape index (κ3) is 3.51. The summed E-state index contributed by atoms with van der Waals surface area (Å²) in [5.74, 6) is 0.665. The molecule has 0 N–H and O–H groups in total. The molecule has 1 atom stereocenters. The van der Waals surface area contributed by atoms with E-state index in [2.05, 4.69) is 21.0 Å². The summed E-state index contributed by atoms with van der Waals surface area (Å²) in [7, 11) is 0. The number of amides is 1. The fourth-order valence-electron chi connectivity index (χ4n) is 3.12. The van der Waals surface area contributed by atoms with Crippen molar-refractivity contribution in [2.75, 3.05) is 6.61 Å². The molecule has 0 aliphatic carbocycles. The summed E-state index contributed by atoms with van der Waals surface area (Å²) in [6, 6.07) is 9.89. The molecule has 1 aromatic carbocycles. The second kappa shape index (κ2) is 7.15. The van der Waals surface area contributed by atoms with Crippen molar-refractivity contribution in [1.82, 2.24) is 19.9 Å². The predicted molar refractivity (Wildman–Crippen MR) is 101 cm³/mol. The number of carbonyl (C=O) groups excluding carboxylic acids is 1. The van der Waals surface area contributed by atoms with Crippen LogP contribution in [0.15, 0.2) is 55.1 Å². The van der Waals surface area contributed by atoms with Crippen LogP contribution in [0.4, 0.5) is 0 Å². The third-order valence-electron chi connectivity index (χ3n) is 4.67. The van der Waals surface area contributed by atoms with Crippen LogP contribution in [-0.4, -0.2) is 38.4 Å². The van der Waals surface area contributed by atoms with Gasteiger partial charge in [0.2, 0.25) is 0 Å². The van der Waals surface area contributed by atoms with Gasteiger partial charge in [-0.15, -0.1) is 0 Å². The summed E-state index contributed by atoms with van der Waals surface area (Å²) in [5, 5.41) is 0. The quantitative estimate of drug-likeness (QED) is 0.702. The fourth-order valence-corrected chi connectivity index (χ4v) is 3.12. The maximum absolute atomic E-state index is 13.0. The molecule has 1 aliphatic rings. The highest BCUT2D eigenvalue weighted by Crippen LogP contribution is 2.30. The number of pyridine rings is 1. The van der Waals surface area contributed by atoms with Crippen molar-refractivity contribution in [2.24, 2.45) is 0 Å². The van der Waals surface area contributed by atoms with Gasteiger partial charge in [0.1, 0.15) is 18.1 Å². The van der Waals surface area contributed by atoms with Crippen LogP contribution >= 0.6 is 0 Å². The molecule has 0 bridgehead atoms. The van der Waals surface area contributed by atoms with Crippen molar-refractivity contribution in [3.8, 4) is 16.9 Å². The van der Waals surface area contributed by atoms with E-state index in [1.165, 1.54) is 6.20 Å². The number of aromatic nitrogens is 3. The summed E-state index contributed by atoms with van der Waals surface area (Å²) in [6.07, 6.45) is 6.72. The van der Waals surface area contributed by atoms with Crippen molar-refractivity contribution in [3.63, 3.8) is 0 Å². The van der Waals surface area contributed by atoms with Gasteiger partial charge in [-0.1, -0.05) is 12.1 Å². The van der Waals surface area contributed by atoms with Crippen LogP contribution < -0.4 is 4.74 Å². The first-order valence-corrected chi connectivity index (χ1v) is 8.87. The van der Waals surface area contributed by atoms with Crippen LogP contribution in [-0.2, 0) is 6.54 Å². The highest BCUT2D eigenvalue weighted by Gasteiger charge is 2.27. The molecule has 0 saturated carbocycles. The highest BCUT2D eigenvalue weighted by atomic mass is 16.5.